The summed E-state index contributed by atoms with van der Waals surface area (Å²) in [5.41, 5.74) is 0. The maximum absolute atomic E-state index is 11.5. The van der Waals surface area contributed by atoms with Gasteiger partial charge < -0.3 is 9.47 Å². The maximum atomic E-state index is 11.5. The predicted octanol–water partition coefficient (Wildman–Crippen LogP) is 0.966. The highest BCUT2D eigenvalue weighted by Crippen LogP contribution is 2.55. The average Bonchev–Trinajstić information content (AvgIpc) is 2.91. The van der Waals surface area contributed by atoms with Crippen molar-refractivity contribution in [1.29, 1.82) is 0 Å². The quantitative estimate of drug-likeness (QED) is 0.537. The summed E-state index contributed by atoms with van der Waals surface area (Å²) in [5, 5.41) is 0. The van der Waals surface area contributed by atoms with Crippen molar-refractivity contribution >= 4 is 23.5 Å². The Kier molecular flexibility index (Phi) is 2.35. The van der Waals surface area contributed by atoms with E-state index in [1.165, 1.54) is 0 Å². The number of esters is 2. The molecule has 1 aliphatic heterocycles. The number of carbonyl (C=O) groups is 2. The minimum absolute atomic E-state index is 0.0491. The Labute approximate surface area is 98.2 Å². The number of alkyl halides is 1. The van der Waals surface area contributed by atoms with Crippen molar-refractivity contribution in [3.05, 3.63) is 0 Å². The molecule has 16 heavy (non-hydrogen) atoms. The molecule has 88 valence electrons. The lowest BCUT2D eigenvalue weighted by molar-refractivity contribution is -0.149. The molecule has 0 aromatic heterocycles. The lowest BCUT2D eigenvalue weighted by Crippen LogP contribution is -2.34. The fourth-order valence-corrected chi connectivity index (χ4v) is 3.70. The Balaban J connectivity index is 1.72. The molecule has 2 bridgehead atoms. The zero-order valence-electron chi connectivity index (χ0n) is 8.73. The van der Waals surface area contributed by atoms with Crippen molar-refractivity contribution in [2.24, 2.45) is 23.7 Å². The van der Waals surface area contributed by atoms with Crippen LogP contribution in [0.1, 0.15) is 12.8 Å². The summed E-state index contributed by atoms with van der Waals surface area (Å²) in [7, 11) is 0. The van der Waals surface area contributed by atoms with Crippen LogP contribution in [0.2, 0.25) is 0 Å². The zero-order valence-corrected chi connectivity index (χ0v) is 9.48. The van der Waals surface area contributed by atoms with Crippen molar-refractivity contribution in [3.8, 4) is 0 Å². The van der Waals surface area contributed by atoms with Crippen LogP contribution in [-0.4, -0.2) is 30.5 Å². The highest BCUT2D eigenvalue weighted by Gasteiger charge is 2.60. The molecule has 2 aliphatic carbocycles. The van der Waals surface area contributed by atoms with Crippen LogP contribution in [0.25, 0.3) is 0 Å². The Morgan fingerprint density at radius 1 is 1.44 bits per heavy atom. The van der Waals surface area contributed by atoms with E-state index in [4.69, 9.17) is 21.1 Å². The van der Waals surface area contributed by atoms with Gasteiger partial charge in [0.25, 0.3) is 0 Å². The first kappa shape index (κ1) is 10.4. The van der Waals surface area contributed by atoms with Crippen LogP contribution >= 0.6 is 11.6 Å². The molecule has 4 nitrogen and oxygen atoms in total. The third kappa shape index (κ3) is 1.35. The number of rotatable bonds is 2. The molecule has 3 rings (SSSR count). The SMILES string of the molecule is O=C(CCl)OC1C[C@H]2C[C@@H]1C1COC(=O)C12. The Hall–Kier alpha value is -0.770. The number of halogens is 1. The number of carbonyl (C=O) groups excluding carboxylic acids is 2. The van der Waals surface area contributed by atoms with E-state index in [0.29, 0.717) is 18.4 Å². The second kappa shape index (κ2) is 3.62. The van der Waals surface area contributed by atoms with E-state index >= 15 is 0 Å². The van der Waals surface area contributed by atoms with Crippen molar-refractivity contribution < 1.29 is 19.1 Å². The molecule has 0 N–H and O–H groups in total. The Morgan fingerprint density at radius 2 is 2.25 bits per heavy atom. The first-order valence-electron chi connectivity index (χ1n) is 5.62. The first-order chi connectivity index (χ1) is 7.70. The zero-order chi connectivity index (χ0) is 11.3. The minimum Gasteiger partial charge on any atom is -0.465 e. The highest BCUT2D eigenvalue weighted by atomic mass is 35.5. The molecular weight excluding hydrogens is 232 g/mol. The largest absolute Gasteiger partial charge is 0.465 e. The van der Waals surface area contributed by atoms with Crippen LogP contribution in [0.5, 0.6) is 0 Å². The lowest BCUT2D eigenvalue weighted by atomic mass is 9.80. The van der Waals surface area contributed by atoms with Gasteiger partial charge in [-0.05, 0) is 18.8 Å². The number of hydrogen-bond donors (Lipinski definition) is 0. The topological polar surface area (TPSA) is 52.6 Å². The first-order valence-corrected chi connectivity index (χ1v) is 6.16. The van der Waals surface area contributed by atoms with Crippen LogP contribution in [0.4, 0.5) is 0 Å². The monoisotopic (exact) mass is 244 g/mol. The van der Waals surface area contributed by atoms with E-state index in [1.54, 1.807) is 0 Å². The lowest BCUT2D eigenvalue weighted by Gasteiger charge is -2.28. The number of hydrogen-bond acceptors (Lipinski definition) is 4. The summed E-state index contributed by atoms with van der Waals surface area (Å²) in [6, 6.07) is 0. The molecule has 1 saturated heterocycles. The molecule has 3 fully saturated rings. The molecule has 3 aliphatic rings. The van der Waals surface area contributed by atoms with Crippen LogP contribution in [0, 0.1) is 23.7 Å². The van der Waals surface area contributed by atoms with Crippen LogP contribution in [-0.2, 0) is 19.1 Å². The van der Waals surface area contributed by atoms with Gasteiger partial charge in [-0.1, -0.05) is 0 Å². The van der Waals surface area contributed by atoms with Gasteiger partial charge in [0.05, 0.1) is 12.5 Å². The molecule has 0 spiro atoms. The smallest absolute Gasteiger partial charge is 0.321 e. The van der Waals surface area contributed by atoms with Gasteiger partial charge in [0.15, 0.2) is 0 Å². The molecule has 0 aromatic carbocycles. The van der Waals surface area contributed by atoms with Gasteiger partial charge in [-0.25, -0.2) is 0 Å². The molecule has 5 atom stereocenters. The van der Waals surface area contributed by atoms with E-state index in [1.807, 2.05) is 0 Å². The summed E-state index contributed by atoms with van der Waals surface area (Å²) < 4.78 is 10.4. The minimum atomic E-state index is -0.360. The molecular formula is C11H13ClO4. The Bertz CT molecular complexity index is 343. The van der Waals surface area contributed by atoms with Crippen molar-refractivity contribution in [3.63, 3.8) is 0 Å². The molecule has 0 amide bonds. The van der Waals surface area contributed by atoms with Gasteiger partial charge in [0, 0.05) is 11.8 Å². The molecule has 3 unspecified atom stereocenters. The van der Waals surface area contributed by atoms with Crippen molar-refractivity contribution in [1.82, 2.24) is 0 Å². The summed E-state index contributed by atoms with van der Waals surface area (Å²) in [6.45, 7) is 0.500. The van der Waals surface area contributed by atoms with E-state index in [9.17, 15) is 9.59 Å². The fraction of sp³-hybridized carbons (Fsp3) is 0.818. The molecule has 0 radical (unpaired) electrons. The van der Waals surface area contributed by atoms with E-state index < -0.39 is 0 Å². The van der Waals surface area contributed by atoms with Crippen LogP contribution in [0.3, 0.4) is 0 Å². The van der Waals surface area contributed by atoms with Crippen LogP contribution < -0.4 is 0 Å². The van der Waals surface area contributed by atoms with Gasteiger partial charge >= 0.3 is 11.9 Å². The average molecular weight is 245 g/mol. The van der Waals surface area contributed by atoms with E-state index in [-0.39, 0.29) is 35.8 Å². The summed E-state index contributed by atoms with van der Waals surface area (Å²) >= 11 is 5.41. The fourth-order valence-electron chi connectivity index (χ4n) is 3.64. The molecule has 1 heterocycles. The van der Waals surface area contributed by atoms with Crippen molar-refractivity contribution in [2.45, 2.75) is 18.9 Å². The number of ether oxygens (including phenoxy) is 2. The maximum Gasteiger partial charge on any atom is 0.321 e. The normalized spacial score (nSPS) is 44.3. The molecule has 5 heteroatoms. The second-order valence-corrected chi connectivity index (χ2v) is 5.14. The third-order valence-electron chi connectivity index (χ3n) is 4.19. The Morgan fingerprint density at radius 3 is 3.00 bits per heavy atom. The van der Waals surface area contributed by atoms with Gasteiger partial charge in [0.2, 0.25) is 0 Å². The summed E-state index contributed by atoms with van der Waals surface area (Å²) in [5.74, 6) is 0.458. The van der Waals surface area contributed by atoms with Gasteiger partial charge in [-0.15, -0.1) is 11.6 Å². The van der Waals surface area contributed by atoms with E-state index in [2.05, 4.69) is 0 Å². The van der Waals surface area contributed by atoms with Crippen molar-refractivity contribution in [2.75, 3.05) is 12.5 Å². The van der Waals surface area contributed by atoms with Gasteiger partial charge in [-0.3, -0.25) is 9.59 Å². The number of fused-ring (bicyclic) bond motifs is 5. The second-order valence-electron chi connectivity index (χ2n) is 4.88. The summed E-state index contributed by atoms with van der Waals surface area (Å²) in [4.78, 5) is 22.6. The molecule has 2 saturated carbocycles. The van der Waals surface area contributed by atoms with Crippen LogP contribution in [0.15, 0.2) is 0 Å². The van der Waals surface area contributed by atoms with Gasteiger partial charge in [0.1, 0.15) is 12.0 Å². The third-order valence-corrected chi connectivity index (χ3v) is 4.41. The number of cyclic esters (lactones) is 1. The standard InChI is InChI=1S/C11H13ClO4/c12-3-9(13)16-8-2-5-1-6(8)7-4-15-11(14)10(5)7/h5-8,10H,1-4H2/t5-,6-,7?,8?,10?/m1/s1. The molecule has 0 aromatic rings. The summed E-state index contributed by atoms with van der Waals surface area (Å²) in [6.07, 6.45) is 1.74. The van der Waals surface area contributed by atoms with E-state index in [0.717, 1.165) is 12.8 Å². The van der Waals surface area contributed by atoms with Gasteiger partial charge in [-0.2, -0.15) is 0 Å². The highest BCUT2D eigenvalue weighted by molar-refractivity contribution is 6.26. The predicted molar refractivity (Wildman–Crippen MR) is 54.8 cm³/mol.